The van der Waals surface area contributed by atoms with Crippen LogP contribution in [0, 0.1) is 0 Å². The number of carbonyl (C=O) groups excluding carboxylic acids is 1. The molecule has 0 aliphatic rings. The number of alkyl halides is 1. The van der Waals surface area contributed by atoms with E-state index in [-0.39, 0.29) is 6.03 Å². The number of nitrogens with zero attached hydrogens (tertiary/aromatic N) is 1. The molecule has 2 aromatic rings. The second-order valence-electron chi connectivity index (χ2n) is 4.78. The fourth-order valence-electron chi connectivity index (χ4n) is 2.11. The molecule has 0 spiro atoms. The first-order valence-corrected chi connectivity index (χ1v) is 8.44. The van der Waals surface area contributed by atoms with Gasteiger partial charge in [0.25, 0.3) is 0 Å². The highest BCUT2D eigenvalue weighted by Gasteiger charge is 2.14. The summed E-state index contributed by atoms with van der Waals surface area (Å²) in [6, 6.07) is 17.6. The van der Waals surface area contributed by atoms with Crippen molar-refractivity contribution >= 4 is 39.2 Å². The Morgan fingerprint density at radius 1 is 1.09 bits per heavy atom. The highest BCUT2D eigenvalue weighted by molar-refractivity contribution is 9.10. The molecular weight excluding hydrogens is 364 g/mol. The van der Waals surface area contributed by atoms with Crippen molar-refractivity contribution in [3.05, 3.63) is 64.6 Å². The number of nitrogens with one attached hydrogen (secondary N) is 1. The van der Waals surface area contributed by atoms with E-state index in [2.05, 4.69) is 33.4 Å². The summed E-state index contributed by atoms with van der Waals surface area (Å²) in [5.41, 5.74) is 2.04. The van der Waals surface area contributed by atoms with Crippen LogP contribution in [-0.4, -0.2) is 25.0 Å². The SMILES string of the molecule is O=C(NCCc1ccccc1)N(CCCl)c1ccc(Br)cc1. The van der Waals surface area contributed by atoms with E-state index in [4.69, 9.17) is 11.6 Å². The summed E-state index contributed by atoms with van der Waals surface area (Å²) in [6.45, 7) is 1.07. The number of rotatable bonds is 6. The monoisotopic (exact) mass is 380 g/mol. The Morgan fingerprint density at radius 3 is 2.41 bits per heavy atom. The van der Waals surface area contributed by atoms with Crippen molar-refractivity contribution in [1.82, 2.24) is 5.32 Å². The number of hydrogen-bond donors (Lipinski definition) is 1. The van der Waals surface area contributed by atoms with Crippen molar-refractivity contribution in [2.24, 2.45) is 0 Å². The summed E-state index contributed by atoms with van der Waals surface area (Å²) < 4.78 is 0.978. The van der Waals surface area contributed by atoms with Crippen LogP contribution >= 0.6 is 27.5 Å². The van der Waals surface area contributed by atoms with Crippen LogP contribution in [0.4, 0.5) is 10.5 Å². The Balaban J connectivity index is 1.93. The van der Waals surface area contributed by atoms with Gasteiger partial charge in [-0.15, -0.1) is 11.6 Å². The molecule has 116 valence electrons. The Hall–Kier alpha value is -1.52. The number of halogens is 2. The van der Waals surface area contributed by atoms with Gasteiger partial charge in [-0.2, -0.15) is 0 Å². The third kappa shape index (κ3) is 5.04. The number of benzene rings is 2. The van der Waals surface area contributed by atoms with Crippen LogP contribution in [0.25, 0.3) is 0 Å². The fraction of sp³-hybridized carbons (Fsp3) is 0.235. The zero-order valence-electron chi connectivity index (χ0n) is 12.1. The maximum Gasteiger partial charge on any atom is 0.321 e. The van der Waals surface area contributed by atoms with Gasteiger partial charge in [-0.1, -0.05) is 46.3 Å². The van der Waals surface area contributed by atoms with Gasteiger partial charge in [0.15, 0.2) is 0 Å². The van der Waals surface area contributed by atoms with Gasteiger partial charge in [0.05, 0.1) is 0 Å². The quantitative estimate of drug-likeness (QED) is 0.737. The molecule has 5 heteroatoms. The first-order valence-electron chi connectivity index (χ1n) is 7.11. The van der Waals surface area contributed by atoms with Crippen molar-refractivity contribution in [3.8, 4) is 0 Å². The fourth-order valence-corrected chi connectivity index (χ4v) is 2.54. The highest BCUT2D eigenvalue weighted by Crippen LogP contribution is 2.18. The van der Waals surface area contributed by atoms with Gasteiger partial charge in [0.2, 0.25) is 0 Å². The van der Waals surface area contributed by atoms with Crippen LogP contribution in [0.5, 0.6) is 0 Å². The maximum atomic E-state index is 12.4. The minimum absolute atomic E-state index is 0.126. The van der Waals surface area contributed by atoms with Crippen LogP contribution in [0.15, 0.2) is 59.1 Å². The number of hydrogen-bond acceptors (Lipinski definition) is 1. The van der Waals surface area contributed by atoms with Gasteiger partial charge in [0.1, 0.15) is 0 Å². The van der Waals surface area contributed by atoms with E-state index in [1.54, 1.807) is 4.90 Å². The normalized spacial score (nSPS) is 10.3. The number of amides is 2. The summed E-state index contributed by atoms with van der Waals surface area (Å²) >= 11 is 9.21. The zero-order valence-corrected chi connectivity index (χ0v) is 14.5. The zero-order chi connectivity index (χ0) is 15.8. The lowest BCUT2D eigenvalue weighted by molar-refractivity contribution is 0.246. The van der Waals surface area contributed by atoms with Crippen molar-refractivity contribution in [3.63, 3.8) is 0 Å². The van der Waals surface area contributed by atoms with E-state index < -0.39 is 0 Å². The molecule has 0 aliphatic carbocycles. The number of carbonyl (C=O) groups is 1. The smallest absolute Gasteiger partial charge is 0.321 e. The lowest BCUT2D eigenvalue weighted by Gasteiger charge is -2.22. The molecule has 0 heterocycles. The van der Waals surface area contributed by atoms with Crippen molar-refractivity contribution in [1.29, 1.82) is 0 Å². The molecule has 0 radical (unpaired) electrons. The Bertz CT molecular complexity index is 589. The molecule has 0 fully saturated rings. The number of urea groups is 1. The van der Waals surface area contributed by atoms with Gasteiger partial charge in [-0.05, 0) is 36.2 Å². The first-order chi connectivity index (χ1) is 10.7. The molecule has 0 aliphatic heterocycles. The molecule has 2 amide bonds. The molecule has 0 unspecified atom stereocenters. The standard InChI is InChI=1S/C17H18BrClN2O/c18-15-6-8-16(9-7-15)21(13-11-19)17(22)20-12-10-14-4-2-1-3-5-14/h1-9H,10-13H2,(H,20,22). The van der Waals surface area contributed by atoms with E-state index in [0.717, 1.165) is 16.6 Å². The van der Waals surface area contributed by atoms with E-state index in [9.17, 15) is 4.79 Å². The molecule has 0 saturated carbocycles. The molecule has 0 aromatic heterocycles. The van der Waals surface area contributed by atoms with Crippen LogP contribution < -0.4 is 10.2 Å². The third-order valence-corrected chi connectivity index (χ3v) is 3.92. The maximum absolute atomic E-state index is 12.4. The average Bonchev–Trinajstić information content (AvgIpc) is 2.54. The molecule has 22 heavy (non-hydrogen) atoms. The van der Waals surface area contributed by atoms with Crippen LogP contribution in [0.3, 0.4) is 0 Å². The second-order valence-corrected chi connectivity index (χ2v) is 6.08. The number of anilines is 1. The highest BCUT2D eigenvalue weighted by atomic mass is 79.9. The molecule has 2 rings (SSSR count). The van der Waals surface area contributed by atoms with E-state index in [0.29, 0.717) is 19.0 Å². The summed E-state index contributed by atoms with van der Waals surface area (Å²) in [5.74, 6) is 0.391. The molecular formula is C17H18BrClN2O. The third-order valence-electron chi connectivity index (χ3n) is 3.22. The van der Waals surface area contributed by atoms with Crippen molar-refractivity contribution in [2.75, 3.05) is 23.9 Å². The van der Waals surface area contributed by atoms with Crippen molar-refractivity contribution < 1.29 is 4.79 Å². The summed E-state index contributed by atoms with van der Waals surface area (Å²) in [5, 5.41) is 2.95. The lowest BCUT2D eigenvalue weighted by atomic mass is 10.1. The van der Waals surface area contributed by atoms with E-state index in [1.807, 2.05) is 42.5 Å². The molecule has 3 nitrogen and oxygen atoms in total. The van der Waals surface area contributed by atoms with Crippen LogP contribution in [-0.2, 0) is 6.42 Å². The second kappa shape index (κ2) is 8.81. The molecule has 0 atom stereocenters. The van der Waals surface area contributed by atoms with Crippen molar-refractivity contribution in [2.45, 2.75) is 6.42 Å². The largest absolute Gasteiger partial charge is 0.337 e. The average molecular weight is 382 g/mol. The molecule has 0 bridgehead atoms. The molecule has 1 N–H and O–H groups in total. The van der Waals surface area contributed by atoms with E-state index >= 15 is 0 Å². The topological polar surface area (TPSA) is 32.3 Å². The van der Waals surface area contributed by atoms with E-state index in [1.165, 1.54) is 5.56 Å². The van der Waals surface area contributed by atoms with Crippen LogP contribution in [0.1, 0.15) is 5.56 Å². The molecule has 2 aromatic carbocycles. The first kappa shape index (κ1) is 16.8. The summed E-state index contributed by atoms with van der Waals surface area (Å²) in [6.07, 6.45) is 0.807. The minimum atomic E-state index is -0.126. The van der Waals surface area contributed by atoms with Gasteiger partial charge < -0.3 is 5.32 Å². The lowest BCUT2D eigenvalue weighted by Crippen LogP contribution is -2.42. The predicted molar refractivity (Wildman–Crippen MR) is 95.8 cm³/mol. The summed E-state index contributed by atoms with van der Waals surface area (Å²) in [4.78, 5) is 14.0. The van der Waals surface area contributed by atoms with Gasteiger partial charge in [0, 0.05) is 29.1 Å². The van der Waals surface area contributed by atoms with Crippen LogP contribution in [0.2, 0.25) is 0 Å². The van der Waals surface area contributed by atoms with Gasteiger partial charge >= 0.3 is 6.03 Å². The Morgan fingerprint density at radius 2 is 1.77 bits per heavy atom. The Labute approximate surface area is 144 Å². The Kier molecular flexibility index (Phi) is 6.74. The van der Waals surface area contributed by atoms with Gasteiger partial charge in [-0.25, -0.2) is 4.79 Å². The minimum Gasteiger partial charge on any atom is -0.337 e. The van der Waals surface area contributed by atoms with Gasteiger partial charge in [-0.3, -0.25) is 4.90 Å². The molecule has 0 saturated heterocycles. The summed E-state index contributed by atoms with van der Waals surface area (Å²) in [7, 11) is 0. The predicted octanol–water partition coefficient (Wildman–Crippen LogP) is 4.45.